The second kappa shape index (κ2) is 7.35. The Kier molecular flexibility index (Phi) is 4.74. The Balaban J connectivity index is 1.89. The minimum absolute atomic E-state index is 0.0708. The summed E-state index contributed by atoms with van der Waals surface area (Å²) < 4.78 is 3.40. The van der Waals surface area contributed by atoms with Gasteiger partial charge in [0.2, 0.25) is 0 Å². The molecule has 0 aliphatic rings. The first-order valence-corrected chi connectivity index (χ1v) is 9.48. The number of aliphatic carboxylic acids is 1. The molecule has 0 saturated heterocycles. The third-order valence-electron chi connectivity index (χ3n) is 5.32. The van der Waals surface area contributed by atoms with Crippen LogP contribution in [0.4, 0.5) is 0 Å². The topological polar surface area (TPSA) is 64.2 Å². The number of carboxylic acid groups (broad SMARTS) is 1. The van der Waals surface area contributed by atoms with Gasteiger partial charge in [0.15, 0.2) is 0 Å². The first kappa shape index (κ1) is 18.0. The molecule has 0 aliphatic carbocycles. The molecule has 1 atom stereocenters. The Labute approximate surface area is 162 Å². The Bertz CT molecular complexity index is 1210. The molecule has 4 rings (SSSR count). The van der Waals surface area contributed by atoms with E-state index in [1.165, 1.54) is 0 Å². The van der Waals surface area contributed by atoms with Crippen LogP contribution in [0, 0.1) is 0 Å². The van der Waals surface area contributed by atoms with Crippen LogP contribution in [0.25, 0.3) is 21.8 Å². The monoisotopic (exact) mass is 374 g/mol. The molecule has 0 spiro atoms. The molecule has 3 aromatic carbocycles. The number of fused-ring (bicyclic) bond motifs is 2. The molecular formula is C23H22N2O3. The third-order valence-corrected chi connectivity index (χ3v) is 5.32. The van der Waals surface area contributed by atoms with Gasteiger partial charge in [0.25, 0.3) is 0 Å². The lowest BCUT2D eigenvalue weighted by Gasteiger charge is -2.14. The summed E-state index contributed by atoms with van der Waals surface area (Å²) in [4.78, 5) is 24.7. The number of para-hydroxylation sites is 2. The molecule has 4 aromatic rings. The molecule has 5 heteroatoms. The van der Waals surface area contributed by atoms with Crippen molar-refractivity contribution >= 4 is 27.8 Å². The molecule has 28 heavy (non-hydrogen) atoms. The molecule has 0 bridgehead atoms. The third kappa shape index (κ3) is 3.09. The normalized spacial score (nSPS) is 12.5. The molecular weight excluding hydrogens is 352 g/mol. The van der Waals surface area contributed by atoms with Gasteiger partial charge in [0, 0.05) is 6.04 Å². The fraction of sp³-hybridized carbons (Fsp3) is 0.217. The largest absolute Gasteiger partial charge is 0.481 e. The van der Waals surface area contributed by atoms with Crippen molar-refractivity contribution in [2.24, 2.45) is 0 Å². The maximum Gasteiger partial charge on any atom is 0.329 e. The molecule has 142 valence electrons. The Morgan fingerprint density at radius 1 is 0.964 bits per heavy atom. The van der Waals surface area contributed by atoms with E-state index in [1.807, 2.05) is 55.5 Å². The van der Waals surface area contributed by atoms with Crippen LogP contribution in [-0.4, -0.2) is 20.2 Å². The highest BCUT2D eigenvalue weighted by Crippen LogP contribution is 2.24. The van der Waals surface area contributed by atoms with Gasteiger partial charge in [-0.1, -0.05) is 61.5 Å². The minimum atomic E-state index is -0.898. The van der Waals surface area contributed by atoms with E-state index in [2.05, 4.69) is 18.2 Å². The average molecular weight is 374 g/mol. The maximum atomic E-state index is 13.3. The highest BCUT2D eigenvalue weighted by atomic mass is 16.4. The zero-order valence-corrected chi connectivity index (χ0v) is 15.7. The number of carboxylic acids is 1. The summed E-state index contributed by atoms with van der Waals surface area (Å²) in [6, 6.07) is 21.5. The van der Waals surface area contributed by atoms with Crippen LogP contribution >= 0.6 is 0 Å². The zero-order valence-electron chi connectivity index (χ0n) is 15.7. The number of carbonyl (C=O) groups is 1. The Morgan fingerprint density at radius 2 is 1.64 bits per heavy atom. The molecule has 5 nitrogen and oxygen atoms in total. The van der Waals surface area contributed by atoms with Crippen LogP contribution in [0.5, 0.6) is 0 Å². The molecule has 0 saturated carbocycles. The van der Waals surface area contributed by atoms with E-state index in [-0.39, 0.29) is 18.2 Å². The van der Waals surface area contributed by atoms with Gasteiger partial charge in [-0.2, -0.15) is 0 Å². The highest BCUT2D eigenvalue weighted by Gasteiger charge is 2.21. The Morgan fingerprint density at radius 3 is 2.39 bits per heavy atom. The van der Waals surface area contributed by atoms with Gasteiger partial charge in [-0.25, -0.2) is 4.79 Å². The van der Waals surface area contributed by atoms with Crippen LogP contribution in [0.1, 0.15) is 31.4 Å². The molecule has 1 N–H and O–H groups in total. The van der Waals surface area contributed by atoms with Crippen LogP contribution in [-0.2, 0) is 11.3 Å². The summed E-state index contributed by atoms with van der Waals surface area (Å²) in [6.45, 7) is 2.36. The summed E-state index contributed by atoms with van der Waals surface area (Å²) >= 11 is 0. The number of benzene rings is 3. The van der Waals surface area contributed by atoms with Crippen LogP contribution in [0.15, 0.2) is 71.5 Å². The average Bonchev–Trinajstić information content (AvgIpc) is 2.98. The van der Waals surface area contributed by atoms with Crippen molar-refractivity contribution in [3.63, 3.8) is 0 Å². The van der Waals surface area contributed by atoms with Crippen molar-refractivity contribution < 1.29 is 9.90 Å². The van der Waals surface area contributed by atoms with Gasteiger partial charge in [-0.3, -0.25) is 13.9 Å². The Hall–Kier alpha value is -3.34. The van der Waals surface area contributed by atoms with Gasteiger partial charge in [0.1, 0.15) is 0 Å². The summed E-state index contributed by atoms with van der Waals surface area (Å²) in [5.74, 6) is -0.898. The van der Waals surface area contributed by atoms with Gasteiger partial charge < -0.3 is 5.11 Å². The van der Waals surface area contributed by atoms with E-state index >= 15 is 0 Å². The fourth-order valence-corrected chi connectivity index (χ4v) is 3.96. The molecule has 0 amide bonds. The van der Waals surface area contributed by atoms with Crippen molar-refractivity contribution in [2.45, 2.75) is 32.4 Å². The SMILES string of the molecule is CCC(CC(=O)O)n1c(=O)n(Cc2cccc3ccccc23)c2ccccc21. The lowest BCUT2D eigenvalue weighted by atomic mass is 10.0. The number of nitrogens with zero attached hydrogens (tertiary/aromatic N) is 2. The summed E-state index contributed by atoms with van der Waals surface area (Å²) in [6.07, 6.45) is 0.507. The minimum Gasteiger partial charge on any atom is -0.481 e. The van der Waals surface area contributed by atoms with Crippen molar-refractivity contribution in [3.05, 3.63) is 82.8 Å². The van der Waals surface area contributed by atoms with E-state index in [1.54, 1.807) is 9.13 Å². The van der Waals surface area contributed by atoms with Gasteiger partial charge >= 0.3 is 11.7 Å². The predicted octanol–water partition coefficient (Wildman–Crippen LogP) is 4.43. The van der Waals surface area contributed by atoms with E-state index in [0.29, 0.717) is 13.0 Å². The summed E-state index contributed by atoms with van der Waals surface area (Å²) in [5, 5.41) is 11.5. The first-order valence-electron chi connectivity index (χ1n) is 9.48. The van der Waals surface area contributed by atoms with Crippen molar-refractivity contribution in [3.8, 4) is 0 Å². The molecule has 1 unspecified atom stereocenters. The van der Waals surface area contributed by atoms with Crippen LogP contribution in [0.3, 0.4) is 0 Å². The standard InChI is InChI=1S/C23H22N2O3/c1-2-18(14-22(26)27)25-21-13-6-5-12-20(21)24(23(25)28)15-17-10-7-9-16-8-3-4-11-19(16)17/h3-13,18H,2,14-15H2,1H3,(H,26,27). The predicted molar refractivity (Wildman–Crippen MR) is 111 cm³/mol. The molecule has 1 heterocycles. The smallest absolute Gasteiger partial charge is 0.329 e. The van der Waals surface area contributed by atoms with Crippen LogP contribution in [0.2, 0.25) is 0 Å². The van der Waals surface area contributed by atoms with Crippen LogP contribution < -0.4 is 5.69 Å². The zero-order chi connectivity index (χ0) is 19.7. The van der Waals surface area contributed by atoms with Crippen molar-refractivity contribution in [1.82, 2.24) is 9.13 Å². The maximum absolute atomic E-state index is 13.3. The first-order chi connectivity index (χ1) is 13.6. The number of aromatic nitrogens is 2. The summed E-state index contributed by atoms with van der Waals surface area (Å²) in [7, 11) is 0. The molecule has 0 aliphatic heterocycles. The quantitative estimate of drug-likeness (QED) is 0.543. The van der Waals surface area contributed by atoms with E-state index in [9.17, 15) is 14.7 Å². The van der Waals surface area contributed by atoms with Crippen molar-refractivity contribution in [2.75, 3.05) is 0 Å². The van der Waals surface area contributed by atoms with Gasteiger partial charge in [0.05, 0.1) is 24.0 Å². The lowest BCUT2D eigenvalue weighted by molar-refractivity contribution is -0.137. The van der Waals surface area contributed by atoms with E-state index in [4.69, 9.17) is 0 Å². The number of rotatable bonds is 6. The number of hydrogen-bond donors (Lipinski definition) is 1. The summed E-state index contributed by atoms with van der Waals surface area (Å²) in [5.41, 5.74) is 2.50. The van der Waals surface area contributed by atoms with E-state index in [0.717, 1.165) is 27.4 Å². The molecule has 0 radical (unpaired) electrons. The van der Waals surface area contributed by atoms with E-state index < -0.39 is 5.97 Å². The van der Waals surface area contributed by atoms with Crippen molar-refractivity contribution in [1.29, 1.82) is 0 Å². The second-order valence-electron chi connectivity index (χ2n) is 7.03. The van der Waals surface area contributed by atoms with Gasteiger partial charge in [-0.15, -0.1) is 0 Å². The number of hydrogen-bond acceptors (Lipinski definition) is 2. The highest BCUT2D eigenvalue weighted by molar-refractivity contribution is 5.86. The van der Waals surface area contributed by atoms with Gasteiger partial charge in [-0.05, 0) is 34.9 Å². The molecule has 0 fully saturated rings. The lowest BCUT2D eigenvalue weighted by Crippen LogP contribution is -2.29. The second-order valence-corrected chi connectivity index (χ2v) is 7.03. The fourth-order valence-electron chi connectivity index (χ4n) is 3.96. The number of imidazole rings is 1. The molecule has 1 aromatic heterocycles.